The average molecular weight is 320 g/mol. The van der Waals surface area contributed by atoms with Gasteiger partial charge in [-0.15, -0.1) is 0 Å². The Morgan fingerprint density at radius 3 is 2.83 bits per heavy atom. The third-order valence-electron chi connectivity index (χ3n) is 4.01. The minimum Gasteiger partial charge on any atom is -0.382 e. The summed E-state index contributed by atoms with van der Waals surface area (Å²) in [5.74, 6) is 0.896. The Bertz CT molecular complexity index is 501. The van der Waals surface area contributed by atoms with Crippen LogP contribution in [0.5, 0.6) is 0 Å². The molecular weight excluding hydrogens is 292 g/mol. The van der Waals surface area contributed by atoms with E-state index in [1.54, 1.807) is 0 Å². The van der Waals surface area contributed by atoms with Gasteiger partial charge in [0.2, 0.25) is 11.9 Å². The molecule has 0 bridgehead atoms. The third-order valence-corrected chi connectivity index (χ3v) is 4.01. The van der Waals surface area contributed by atoms with Crippen LogP contribution in [-0.4, -0.2) is 48.7 Å². The molecule has 1 aliphatic rings. The van der Waals surface area contributed by atoms with Gasteiger partial charge in [0.05, 0.1) is 5.92 Å². The largest absolute Gasteiger partial charge is 0.382 e. The lowest BCUT2D eigenvalue weighted by Gasteiger charge is -2.32. The first-order chi connectivity index (χ1) is 11.1. The van der Waals surface area contributed by atoms with Gasteiger partial charge in [0, 0.05) is 44.2 Å². The molecule has 1 amide bonds. The molecule has 1 aromatic heterocycles. The normalized spacial score (nSPS) is 18.0. The minimum absolute atomic E-state index is 0.0141. The molecule has 1 atom stereocenters. The van der Waals surface area contributed by atoms with E-state index in [0.717, 1.165) is 49.8 Å². The highest BCUT2D eigenvalue weighted by Gasteiger charge is 2.27. The van der Waals surface area contributed by atoms with Gasteiger partial charge in [0.15, 0.2) is 0 Å². The molecule has 6 nitrogen and oxygen atoms in total. The average Bonchev–Trinajstić information content (AvgIpc) is 2.53. The summed E-state index contributed by atoms with van der Waals surface area (Å²) in [4.78, 5) is 23.5. The van der Waals surface area contributed by atoms with Gasteiger partial charge < -0.3 is 15.0 Å². The van der Waals surface area contributed by atoms with Crippen LogP contribution in [0.25, 0.3) is 0 Å². The molecule has 23 heavy (non-hydrogen) atoms. The van der Waals surface area contributed by atoms with Crippen LogP contribution in [0.1, 0.15) is 37.6 Å². The Morgan fingerprint density at radius 2 is 2.13 bits per heavy atom. The standard InChI is InChI=1S/C17H28N4O2/c1-4-23-10-6-8-18-16(22)15-7-5-9-21(12-15)17-19-13(2)11-14(3)20-17/h11,15H,4-10,12H2,1-3H3,(H,18,22). The Labute approximate surface area is 138 Å². The van der Waals surface area contributed by atoms with Crippen LogP contribution >= 0.6 is 0 Å². The number of hydrogen-bond donors (Lipinski definition) is 1. The van der Waals surface area contributed by atoms with E-state index in [9.17, 15) is 4.79 Å². The van der Waals surface area contributed by atoms with Crippen molar-refractivity contribution in [3.63, 3.8) is 0 Å². The lowest BCUT2D eigenvalue weighted by atomic mass is 9.97. The van der Waals surface area contributed by atoms with E-state index in [2.05, 4.69) is 20.2 Å². The van der Waals surface area contributed by atoms with Gasteiger partial charge in [-0.1, -0.05) is 0 Å². The lowest BCUT2D eigenvalue weighted by Crippen LogP contribution is -2.44. The Morgan fingerprint density at radius 1 is 1.39 bits per heavy atom. The first kappa shape index (κ1) is 17.7. The topological polar surface area (TPSA) is 67.3 Å². The fourth-order valence-electron chi connectivity index (χ4n) is 2.90. The molecule has 2 rings (SSSR count). The molecule has 1 N–H and O–H groups in total. The second kappa shape index (κ2) is 8.82. The molecule has 1 fully saturated rings. The van der Waals surface area contributed by atoms with E-state index in [-0.39, 0.29) is 11.8 Å². The highest BCUT2D eigenvalue weighted by atomic mass is 16.5. The number of carbonyl (C=O) groups is 1. The van der Waals surface area contributed by atoms with Crippen molar-refractivity contribution in [2.24, 2.45) is 5.92 Å². The summed E-state index contributed by atoms with van der Waals surface area (Å²) < 4.78 is 5.28. The van der Waals surface area contributed by atoms with Crippen molar-refractivity contribution in [2.75, 3.05) is 37.7 Å². The molecule has 0 spiro atoms. The maximum Gasteiger partial charge on any atom is 0.225 e. The first-order valence-electron chi connectivity index (χ1n) is 8.53. The van der Waals surface area contributed by atoms with Gasteiger partial charge in [-0.25, -0.2) is 9.97 Å². The van der Waals surface area contributed by atoms with Gasteiger partial charge in [-0.05, 0) is 46.1 Å². The van der Waals surface area contributed by atoms with Gasteiger partial charge in [-0.2, -0.15) is 0 Å². The summed E-state index contributed by atoms with van der Waals surface area (Å²) in [5.41, 5.74) is 1.94. The zero-order valence-electron chi connectivity index (χ0n) is 14.5. The molecule has 1 aromatic rings. The number of ether oxygens (including phenoxy) is 1. The number of anilines is 1. The Kier molecular flexibility index (Phi) is 6.77. The van der Waals surface area contributed by atoms with Crippen LogP contribution in [0.4, 0.5) is 5.95 Å². The highest BCUT2D eigenvalue weighted by Crippen LogP contribution is 2.21. The van der Waals surface area contributed by atoms with Crippen LogP contribution in [0.3, 0.4) is 0 Å². The van der Waals surface area contributed by atoms with Crippen LogP contribution in [0.15, 0.2) is 6.07 Å². The number of aryl methyl sites for hydroxylation is 2. The molecule has 6 heteroatoms. The molecule has 1 unspecified atom stereocenters. The maximum absolute atomic E-state index is 12.3. The number of amides is 1. The van der Waals surface area contributed by atoms with Crippen molar-refractivity contribution in [3.05, 3.63) is 17.5 Å². The van der Waals surface area contributed by atoms with Crippen molar-refractivity contribution in [2.45, 2.75) is 40.0 Å². The first-order valence-corrected chi connectivity index (χ1v) is 8.53. The van der Waals surface area contributed by atoms with Crippen molar-refractivity contribution in [1.29, 1.82) is 0 Å². The quantitative estimate of drug-likeness (QED) is 0.777. The Balaban J connectivity index is 1.86. The summed E-state index contributed by atoms with van der Waals surface area (Å²) in [6.07, 6.45) is 2.78. The van der Waals surface area contributed by atoms with E-state index in [1.807, 2.05) is 26.8 Å². The fourth-order valence-corrected chi connectivity index (χ4v) is 2.90. The van der Waals surface area contributed by atoms with Gasteiger partial charge >= 0.3 is 0 Å². The van der Waals surface area contributed by atoms with E-state index in [4.69, 9.17) is 4.74 Å². The van der Waals surface area contributed by atoms with Crippen LogP contribution in [0.2, 0.25) is 0 Å². The molecular formula is C17H28N4O2. The van der Waals surface area contributed by atoms with E-state index >= 15 is 0 Å². The number of hydrogen-bond acceptors (Lipinski definition) is 5. The number of nitrogens with one attached hydrogen (secondary N) is 1. The summed E-state index contributed by atoms with van der Waals surface area (Å²) >= 11 is 0. The van der Waals surface area contributed by atoms with E-state index < -0.39 is 0 Å². The van der Waals surface area contributed by atoms with Crippen LogP contribution < -0.4 is 10.2 Å². The Hall–Kier alpha value is -1.69. The number of rotatable bonds is 7. The SMILES string of the molecule is CCOCCCNC(=O)C1CCCN(c2nc(C)cc(C)n2)C1. The van der Waals surface area contributed by atoms with Crippen molar-refractivity contribution in [3.8, 4) is 0 Å². The highest BCUT2D eigenvalue weighted by molar-refractivity contribution is 5.79. The third kappa shape index (κ3) is 5.46. The number of carbonyl (C=O) groups excluding carboxylic acids is 1. The van der Waals surface area contributed by atoms with Crippen LogP contribution in [0, 0.1) is 19.8 Å². The number of nitrogens with zero attached hydrogens (tertiary/aromatic N) is 3. The van der Waals surface area contributed by atoms with Crippen LogP contribution in [-0.2, 0) is 9.53 Å². The predicted molar refractivity (Wildman–Crippen MR) is 90.6 cm³/mol. The van der Waals surface area contributed by atoms with Gasteiger partial charge in [-0.3, -0.25) is 4.79 Å². The summed E-state index contributed by atoms with van der Waals surface area (Å²) in [5, 5.41) is 3.02. The monoisotopic (exact) mass is 320 g/mol. The molecule has 1 saturated heterocycles. The zero-order valence-corrected chi connectivity index (χ0v) is 14.5. The van der Waals surface area contributed by atoms with E-state index in [1.165, 1.54) is 0 Å². The number of piperidine rings is 1. The summed E-state index contributed by atoms with van der Waals surface area (Å²) in [6, 6.07) is 1.97. The molecule has 2 heterocycles. The summed E-state index contributed by atoms with van der Waals surface area (Å²) in [7, 11) is 0. The van der Waals surface area contributed by atoms with Gasteiger partial charge in [0.25, 0.3) is 0 Å². The number of aromatic nitrogens is 2. The lowest BCUT2D eigenvalue weighted by molar-refractivity contribution is -0.125. The molecule has 128 valence electrons. The fraction of sp³-hybridized carbons (Fsp3) is 0.706. The second-order valence-corrected chi connectivity index (χ2v) is 6.08. The predicted octanol–water partition coefficient (Wildman–Crippen LogP) is 1.85. The molecule has 0 aromatic carbocycles. The second-order valence-electron chi connectivity index (χ2n) is 6.08. The zero-order chi connectivity index (χ0) is 16.7. The molecule has 0 radical (unpaired) electrons. The molecule has 1 aliphatic heterocycles. The van der Waals surface area contributed by atoms with Crippen molar-refractivity contribution in [1.82, 2.24) is 15.3 Å². The van der Waals surface area contributed by atoms with Crippen molar-refractivity contribution >= 4 is 11.9 Å². The molecule has 0 saturated carbocycles. The molecule has 0 aliphatic carbocycles. The van der Waals surface area contributed by atoms with Gasteiger partial charge in [0.1, 0.15) is 0 Å². The maximum atomic E-state index is 12.3. The summed E-state index contributed by atoms with van der Waals surface area (Å²) in [6.45, 7) is 9.64. The van der Waals surface area contributed by atoms with E-state index in [0.29, 0.717) is 19.7 Å². The smallest absolute Gasteiger partial charge is 0.225 e. The van der Waals surface area contributed by atoms with Crippen molar-refractivity contribution < 1.29 is 9.53 Å². The minimum atomic E-state index is 0.0141.